The van der Waals surface area contributed by atoms with E-state index in [1.165, 1.54) is 25.7 Å². The molecule has 0 aromatic heterocycles. The maximum Gasteiger partial charge on any atom is 0.227 e. The number of amidine groups is 1. The highest BCUT2D eigenvalue weighted by atomic mass is 32.2. The number of hydrogen-bond acceptors (Lipinski definition) is 3. The van der Waals surface area contributed by atoms with E-state index in [4.69, 9.17) is 0 Å². The molecule has 0 aromatic carbocycles. The Morgan fingerprint density at radius 2 is 2.17 bits per heavy atom. The summed E-state index contributed by atoms with van der Waals surface area (Å²) in [6, 6.07) is 0. The number of thioether (sulfide) groups is 1. The predicted octanol–water partition coefficient (Wildman–Crippen LogP) is 1.76. The molecule has 1 aliphatic carbocycles. The number of nitrogens with one attached hydrogen (secondary N) is 2. The molecule has 2 rings (SSSR count). The molecular formula is C13H23N3OS. The van der Waals surface area contributed by atoms with Gasteiger partial charge in [-0.15, -0.1) is 0 Å². The summed E-state index contributed by atoms with van der Waals surface area (Å²) in [6.07, 6.45) is 5.17. The van der Waals surface area contributed by atoms with E-state index >= 15 is 0 Å². The zero-order chi connectivity index (χ0) is 13.2. The quantitative estimate of drug-likeness (QED) is 0.821. The third kappa shape index (κ3) is 2.82. The first-order valence-electron chi connectivity index (χ1n) is 6.65. The summed E-state index contributed by atoms with van der Waals surface area (Å²) in [5, 5.41) is 7.29. The summed E-state index contributed by atoms with van der Waals surface area (Å²) in [6.45, 7) is 4.40. The van der Waals surface area contributed by atoms with Crippen LogP contribution in [0.15, 0.2) is 4.99 Å². The van der Waals surface area contributed by atoms with Crippen LogP contribution in [0.3, 0.4) is 0 Å². The fourth-order valence-electron chi connectivity index (χ4n) is 2.59. The number of rotatable bonds is 3. The smallest absolute Gasteiger partial charge is 0.227 e. The van der Waals surface area contributed by atoms with Crippen LogP contribution in [0, 0.1) is 5.41 Å². The number of aliphatic imine (C=N–C) groups is 1. The predicted molar refractivity (Wildman–Crippen MR) is 76.9 cm³/mol. The molecule has 2 N–H and O–H groups in total. The van der Waals surface area contributed by atoms with Crippen LogP contribution in [0.25, 0.3) is 0 Å². The molecule has 1 heterocycles. The van der Waals surface area contributed by atoms with Crippen molar-refractivity contribution in [2.75, 3.05) is 19.3 Å². The van der Waals surface area contributed by atoms with Crippen LogP contribution in [-0.4, -0.2) is 36.0 Å². The average molecular weight is 269 g/mol. The monoisotopic (exact) mass is 269 g/mol. The second kappa shape index (κ2) is 5.11. The minimum Gasteiger partial charge on any atom is -0.359 e. The minimum absolute atomic E-state index is 0.0467. The van der Waals surface area contributed by atoms with E-state index in [-0.39, 0.29) is 5.91 Å². The van der Waals surface area contributed by atoms with Crippen LogP contribution in [0.4, 0.5) is 0 Å². The Morgan fingerprint density at radius 3 is 2.78 bits per heavy atom. The van der Waals surface area contributed by atoms with E-state index in [0.717, 1.165) is 10.9 Å². The highest BCUT2D eigenvalue weighted by Gasteiger charge is 2.39. The SMILES string of the molecule is CNC(=O)C(C)(C)CN=C1NC2(CCCC2)CS1. The first-order chi connectivity index (χ1) is 8.47. The highest BCUT2D eigenvalue weighted by molar-refractivity contribution is 8.14. The molecule has 0 unspecified atom stereocenters. The number of carbonyl (C=O) groups excluding carboxylic acids is 1. The fraction of sp³-hybridized carbons (Fsp3) is 0.846. The summed E-state index contributed by atoms with van der Waals surface area (Å²) < 4.78 is 0. The average Bonchev–Trinajstić information content (AvgIpc) is 2.97. The van der Waals surface area contributed by atoms with Gasteiger partial charge in [0.05, 0.1) is 12.0 Å². The van der Waals surface area contributed by atoms with E-state index in [2.05, 4.69) is 15.6 Å². The van der Waals surface area contributed by atoms with Crippen LogP contribution >= 0.6 is 11.8 Å². The van der Waals surface area contributed by atoms with Crippen molar-refractivity contribution in [1.29, 1.82) is 0 Å². The van der Waals surface area contributed by atoms with Crippen LogP contribution in [0.5, 0.6) is 0 Å². The van der Waals surface area contributed by atoms with Crippen molar-refractivity contribution >= 4 is 22.8 Å². The number of hydrogen-bond donors (Lipinski definition) is 2. The van der Waals surface area contributed by atoms with Crippen molar-refractivity contribution < 1.29 is 4.79 Å². The van der Waals surface area contributed by atoms with Gasteiger partial charge in [-0.1, -0.05) is 24.6 Å². The molecule has 5 heteroatoms. The normalized spacial score (nSPS) is 24.5. The Bertz CT molecular complexity index is 359. The van der Waals surface area contributed by atoms with Gasteiger partial charge >= 0.3 is 0 Å². The molecule has 2 fully saturated rings. The van der Waals surface area contributed by atoms with Crippen molar-refractivity contribution in [2.45, 2.75) is 45.1 Å². The van der Waals surface area contributed by atoms with Gasteiger partial charge in [0.1, 0.15) is 0 Å². The molecule has 0 radical (unpaired) electrons. The van der Waals surface area contributed by atoms with Crippen molar-refractivity contribution in [3.05, 3.63) is 0 Å². The largest absolute Gasteiger partial charge is 0.359 e. The Balaban J connectivity index is 1.93. The molecule has 0 bridgehead atoms. The van der Waals surface area contributed by atoms with Crippen LogP contribution < -0.4 is 10.6 Å². The lowest BCUT2D eigenvalue weighted by Crippen LogP contribution is -2.41. The Hall–Kier alpha value is -0.710. The topological polar surface area (TPSA) is 53.5 Å². The summed E-state index contributed by atoms with van der Waals surface area (Å²) in [5.74, 6) is 1.18. The van der Waals surface area contributed by atoms with Gasteiger partial charge in [0, 0.05) is 18.3 Å². The van der Waals surface area contributed by atoms with Gasteiger partial charge in [0.2, 0.25) is 5.91 Å². The molecule has 2 aliphatic rings. The Morgan fingerprint density at radius 1 is 1.50 bits per heavy atom. The standard InChI is InChI=1S/C13H23N3OS/c1-12(2,10(17)14-3)8-15-11-16-13(9-18-11)6-4-5-7-13/h4-9H2,1-3H3,(H,14,17)(H,15,16). The Kier molecular flexibility index (Phi) is 3.90. The third-order valence-electron chi connectivity index (χ3n) is 3.88. The maximum atomic E-state index is 11.7. The van der Waals surface area contributed by atoms with Gasteiger partial charge in [0.15, 0.2) is 5.17 Å². The van der Waals surface area contributed by atoms with Crippen LogP contribution in [-0.2, 0) is 4.79 Å². The third-order valence-corrected chi connectivity index (χ3v) is 5.08. The van der Waals surface area contributed by atoms with Crippen molar-refractivity contribution in [3.63, 3.8) is 0 Å². The molecule has 18 heavy (non-hydrogen) atoms. The van der Waals surface area contributed by atoms with Crippen LogP contribution in [0.2, 0.25) is 0 Å². The van der Waals surface area contributed by atoms with Gasteiger partial charge in [-0.2, -0.15) is 0 Å². The second-order valence-corrected chi connectivity index (χ2v) is 6.95. The molecule has 1 saturated heterocycles. The molecule has 1 amide bonds. The van der Waals surface area contributed by atoms with E-state index in [1.54, 1.807) is 18.8 Å². The van der Waals surface area contributed by atoms with E-state index in [0.29, 0.717) is 12.1 Å². The lowest BCUT2D eigenvalue weighted by molar-refractivity contribution is -0.128. The minimum atomic E-state index is -0.435. The first kappa shape index (κ1) is 13.7. The molecule has 1 aliphatic heterocycles. The maximum absolute atomic E-state index is 11.7. The second-order valence-electron chi connectivity index (χ2n) is 5.99. The van der Waals surface area contributed by atoms with E-state index in [9.17, 15) is 4.79 Å². The van der Waals surface area contributed by atoms with Gasteiger partial charge in [-0.3, -0.25) is 9.79 Å². The molecular weight excluding hydrogens is 246 g/mol. The fourth-order valence-corrected chi connectivity index (χ4v) is 3.81. The van der Waals surface area contributed by atoms with Crippen molar-refractivity contribution in [1.82, 2.24) is 10.6 Å². The molecule has 1 saturated carbocycles. The zero-order valence-electron chi connectivity index (χ0n) is 11.5. The van der Waals surface area contributed by atoms with Gasteiger partial charge in [-0.25, -0.2) is 0 Å². The first-order valence-corrected chi connectivity index (χ1v) is 7.64. The van der Waals surface area contributed by atoms with Gasteiger partial charge in [-0.05, 0) is 26.7 Å². The lowest BCUT2D eigenvalue weighted by Gasteiger charge is -2.23. The van der Waals surface area contributed by atoms with Gasteiger partial charge < -0.3 is 10.6 Å². The zero-order valence-corrected chi connectivity index (χ0v) is 12.3. The summed E-state index contributed by atoms with van der Waals surface area (Å²) >= 11 is 1.81. The van der Waals surface area contributed by atoms with Crippen LogP contribution in [0.1, 0.15) is 39.5 Å². The highest BCUT2D eigenvalue weighted by Crippen LogP contribution is 2.37. The van der Waals surface area contributed by atoms with Crippen molar-refractivity contribution in [2.24, 2.45) is 10.4 Å². The molecule has 1 spiro atoms. The number of nitrogens with zero attached hydrogens (tertiary/aromatic N) is 1. The van der Waals surface area contributed by atoms with Gasteiger partial charge in [0.25, 0.3) is 0 Å². The lowest BCUT2D eigenvalue weighted by atomic mass is 9.93. The molecule has 102 valence electrons. The molecule has 0 atom stereocenters. The number of amides is 1. The summed E-state index contributed by atoms with van der Waals surface area (Å²) in [5.41, 5.74) is -0.129. The summed E-state index contributed by atoms with van der Waals surface area (Å²) in [7, 11) is 1.67. The number of carbonyl (C=O) groups is 1. The summed E-state index contributed by atoms with van der Waals surface area (Å²) in [4.78, 5) is 16.3. The van der Waals surface area contributed by atoms with Crippen molar-refractivity contribution in [3.8, 4) is 0 Å². The van der Waals surface area contributed by atoms with E-state index in [1.807, 2.05) is 13.8 Å². The molecule has 4 nitrogen and oxygen atoms in total. The molecule has 0 aromatic rings. The van der Waals surface area contributed by atoms with E-state index < -0.39 is 5.41 Å². The Labute approximate surface area is 113 Å².